The highest BCUT2D eigenvalue weighted by Gasteiger charge is 2.07. The Morgan fingerprint density at radius 1 is 1.20 bits per heavy atom. The van der Waals surface area contributed by atoms with Crippen molar-refractivity contribution in [2.75, 3.05) is 0 Å². The zero-order chi connectivity index (χ0) is 13.9. The normalized spacial score (nSPS) is 10.7. The fourth-order valence-electron chi connectivity index (χ4n) is 1.88. The van der Waals surface area contributed by atoms with Crippen LogP contribution in [0, 0.1) is 5.82 Å². The fraction of sp³-hybridized carbons (Fsp3) is 0.0667. The van der Waals surface area contributed by atoms with Gasteiger partial charge in [-0.3, -0.25) is 4.79 Å². The van der Waals surface area contributed by atoms with Gasteiger partial charge in [-0.05, 0) is 35.9 Å². The first kappa shape index (κ1) is 12.7. The molecular weight excluding hydrogens is 275 g/mol. The van der Waals surface area contributed by atoms with E-state index >= 15 is 0 Å². The summed E-state index contributed by atoms with van der Waals surface area (Å²) in [6, 6.07) is 11.5. The molecule has 2 aromatic carbocycles. The average Bonchev–Trinajstić information content (AvgIpc) is 2.93. The van der Waals surface area contributed by atoms with Gasteiger partial charge in [0.2, 0.25) is 0 Å². The molecule has 0 atom stereocenters. The van der Waals surface area contributed by atoms with Crippen LogP contribution in [0.1, 0.15) is 15.9 Å². The van der Waals surface area contributed by atoms with Gasteiger partial charge in [0, 0.05) is 12.1 Å². The van der Waals surface area contributed by atoms with E-state index in [1.165, 1.54) is 23.5 Å². The minimum absolute atomic E-state index is 0.148. The standard InChI is InChI=1S/C15H11FN2OS/c16-12-4-1-10(2-5-12)8-17-15(19)11-3-6-13-14(7-11)20-9-18-13/h1-7,9H,8H2,(H,17,19). The molecule has 0 bridgehead atoms. The lowest BCUT2D eigenvalue weighted by Gasteiger charge is -2.05. The number of hydrogen-bond donors (Lipinski definition) is 1. The zero-order valence-corrected chi connectivity index (χ0v) is 11.3. The Kier molecular flexibility index (Phi) is 3.43. The molecule has 0 aliphatic carbocycles. The number of nitrogens with one attached hydrogen (secondary N) is 1. The van der Waals surface area contributed by atoms with E-state index in [2.05, 4.69) is 10.3 Å². The van der Waals surface area contributed by atoms with Crippen molar-refractivity contribution in [3.63, 3.8) is 0 Å². The second-order valence-electron chi connectivity index (χ2n) is 4.34. The molecular formula is C15H11FN2OS. The van der Waals surface area contributed by atoms with Crippen LogP contribution in [0.3, 0.4) is 0 Å². The van der Waals surface area contributed by atoms with Gasteiger partial charge in [-0.1, -0.05) is 12.1 Å². The third-order valence-electron chi connectivity index (χ3n) is 2.96. The topological polar surface area (TPSA) is 42.0 Å². The lowest BCUT2D eigenvalue weighted by Crippen LogP contribution is -2.22. The van der Waals surface area contributed by atoms with Crippen molar-refractivity contribution >= 4 is 27.5 Å². The molecule has 0 spiro atoms. The minimum Gasteiger partial charge on any atom is -0.348 e. The molecule has 0 saturated heterocycles. The summed E-state index contributed by atoms with van der Waals surface area (Å²) >= 11 is 1.50. The number of benzene rings is 2. The van der Waals surface area contributed by atoms with Crippen LogP contribution in [-0.2, 0) is 6.54 Å². The predicted molar refractivity (Wildman–Crippen MR) is 77.2 cm³/mol. The highest BCUT2D eigenvalue weighted by atomic mass is 32.1. The number of hydrogen-bond acceptors (Lipinski definition) is 3. The summed E-state index contributed by atoms with van der Waals surface area (Å²) < 4.78 is 13.8. The maximum absolute atomic E-state index is 12.8. The molecule has 100 valence electrons. The SMILES string of the molecule is O=C(NCc1ccc(F)cc1)c1ccc2ncsc2c1. The third-order valence-corrected chi connectivity index (χ3v) is 3.75. The first-order valence-electron chi connectivity index (χ1n) is 6.08. The number of carbonyl (C=O) groups is 1. The number of aromatic nitrogens is 1. The number of amides is 1. The van der Waals surface area contributed by atoms with Crippen LogP contribution in [0.4, 0.5) is 4.39 Å². The van der Waals surface area contributed by atoms with Crippen LogP contribution >= 0.6 is 11.3 Å². The average molecular weight is 286 g/mol. The molecule has 20 heavy (non-hydrogen) atoms. The van der Waals surface area contributed by atoms with Crippen LogP contribution in [0.5, 0.6) is 0 Å². The Morgan fingerprint density at radius 3 is 2.80 bits per heavy atom. The molecule has 1 N–H and O–H groups in total. The molecule has 0 aliphatic rings. The fourth-order valence-corrected chi connectivity index (χ4v) is 2.60. The largest absolute Gasteiger partial charge is 0.348 e. The van der Waals surface area contributed by atoms with E-state index in [-0.39, 0.29) is 11.7 Å². The molecule has 0 radical (unpaired) electrons. The number of nitrogens with zero attached hydrogens (tertiary/aromatic N) is 1. The Hall–Kier alpha value is -2.27. The van der Waals surface area contributed by atoms with Gasteiger partial charge in [0.05, 0.1) is 15.7 Å². The highest BCUT2D eigenvalue weighted by Crippen LogP contribution is 2.19. The second-order valence-corrected chi connectivity index (χ2v) is 5.23. The van der Waals surface area contributed by atoms with Gasteiger partial charge in [0.1, 0.15) is 5.82 Å². The molecule has 3 rings (SSSR count). The van der Waals surface area contributed by atoms with Crippen molar-refractivity contribution in [1.29, 1.82) is 0 Å². The van der Waals surface area contributed by atoms with E-state index in [0.29, 0.717) is 12.1 Å². The summed E-state index contributed by atoms with van der Waals surface area (Å²) in [7, 11) is 0. The van der Waals surface area contributed by atoms with Crippen molar-refractivity contribution in [2.24, 2.45) is 0 Å². The van der Waals surface area contributed by atoms with E-state index in [1.54, 1.807) is 23.7 Å². The van der Waals surface area contributed by atoms with Crippen molar-refractivity contribution in [2.45, 2.75) is 6.54 Å². The zero-order valence-electron chi connectivity index (χ0n) is 10.5. The molecule has 0 aliphatic heterocycles. The number of carbonyl (C=O) groups excluding carboxylic acids is 1. The quantitative estimate of drug-likeness (QED) is 0.802. The Bertz CT molecular complexity index is 752. The van der Waals surface area contributed by atoms with E-state index in [0.717, 1.165) is 15.8 Å². The van der Waals surface area contributed by atoms with Gasteiger partial charge in [-0.25, -0.2) is 9.37 Å². The predicted octanol–water partition coefficient (Wildman–Crippen LogP) is 3.37. The smallest absolute Gasteiger partial charge is 0.251 e. The Morgan fingerprint density at radius 2 is 2.00 bits per heavy atom. The highest BCUT2D eigenvalue weighted by molar-refractivity contribution is 7.16. The molecule has 3 nitrogen and oxygen atoms in total. The first-order valence-corrected chi connectivity index (χ1v) is 6.96. The summed E-state index contributed by atoms with van der Waals surface area (Å²) in [5, 5.41) is 2.81. The molecule has 1 aromatic heterocycles. The van der Waals surface area contributed by atoms with Crippen LogP contribution in [0.2, 0.25) is 0 Å². The van der Waals surface area contributed by atoms with Gasteiger partial charge in [0.15, 0.2) is 0 Å². The van der Waals surface area contributed by atoms with Gasteiger partial charge in [-0.2, -0.15) is 0 Å². The maximum Gasteiger partial charge on any atom is 0.251 e. The summed E-state index contributed by atoms with van der Waals surface area (Å²) in [4.78, 5) is 16.2. The van der Waals surface area contributed by atoms with Gasteiger partial charge in [-0.15, -0.1) is 11.3 Å². The van der Waals surface area contributed by atoms with Crippen molar-refractivity contribution in [3.05, 3.63) is 64.9 Å². The van der Waals surface area contributed by atoms with Crippen LogP contribution in [-0.4, -0.2) is 10.9 Å². The van der Waals surface area contributed by atoms with E-state index < -0.39 is 0 Å². The first-order chi connectivity index (χ1) is 9.72. The van der Waals surface area contributed by atoms with E-state index in [1.807, 2.05) is 12.1 Å². The van der Waals surface area contributed by atoms with Gasteiger partial charge < -0.3 is 5.32 Å². The van der Waals surface area contributed by atoms with Crippen LogP contribution < -0.4 is 5.32 Å². The van der Waals surface area contributed by atoms with E-state index in [9.17, 15) is 9.18 Å². The van der Waals surface area contributed by atoms with Gasteiger partial charge in [0.25, 0.3) is 5.91 Å². The third kappa shape index (κ3) is 2.67. The summed E-state index contributed by atoms with van der Waals surface area (Å²) in [5.41, 5.74) is 4.11. The number of halogens is 1. The summed E-state index contributed by atoms with van der Waals surface area (Å²) in [6.45, 7) is 0.375. The minimum atomic E-state index is -0.282. The Labute approximate surface area is 119 Å². The Balaban J connectivity index is 1.70. The van der Waals surface area contributed by atoms with Crippen LogP contribution in [0.25, 0.3) is 10.2 Å². The second kappa shape index (κ2) is 5.38. The molecule has 1 amide bonds. The van der Waals surface area contributed by atoms with Crippen LogP contribution in [0.15, 0.2) is 48.0 Å². The van der Waals surface area contributed by atoms with Crippen molar-refractivity contribution in [3.8, 4) is 0 Å². The lowest BCUT2D eigenvalue weighted by molar-refractivity contribution is 0.0951. The lowest BCUT2D eigenvalue weighted by atomic mass is 10.2. The molecule has 0 fully saturated rings. The molecule has 3 aromatic rings. The number of thiazole rings is 1. The summed E-state index contributed by atoms with van der Waals surface area (Å²) in [6.07, 6.45) is 0. The molecule has 0 unspecified atom stereocenters. The number of fused-ring (bicyclic) bond motifs is 1. The number of rotatable bonds is 3. The maximum atomic E-state index is 12.8. The molecule has 1 heterocycles. The van der Waals surface area contributed by atoms with E-state index in [4.69, 9.17) is 0 Å². The van der Waals surface area contributed by atoms with Gasteiger partial charge >= 0.3 is 0 Å². The monoisotopic (exact) mass is 286 g/mol. The van der Waals surface area contributed by atoms with Crippen molar-refractivity contribution in [1.82, 2.24) is 10.3 Å². The molecule has 0 saturated carbocycles. The van der Waals surface area contributed by atoms with Crippen molar-refractivity contribution < 1.29 is 9.18 Å². The molecule has 5 heteroatoms. The summed E-state index contributed by atoms with van der Waals surface area (Å²) in [5.74, 6) is -0.430.